The molecule has 25 heavy (non-hydrogen) atoms. The summed E-state index contributed by atoms with van der Waals surface area (Å²) in [6.45, 7) is 5.13. The highest BCUT2D eigenvalue weighted by Gasteiger charge is 2.21. The molecule has 1 aromatic carbocycles. The van der Waals surface area contributed by atoms with E-state index >= 15 is 0 Å². The fraction of sp³-hybridized carbons (Fsp3) is 0.529. The number of rotatable bonds is 4. The lowest BCUT2D eigenvalue weighted by Crippen LogP contribution is -2.54. The number of fused-ring (bicyclic) bond motifs is 1. The monoisotopic (exact) mass is 345 g/mol. The second kappa shape index (κ2) is 8.28. The van der Waals surface area contributed by atoms with Gasteiger partial charge in [0.1, 0.15) is 5.84 Å². The van der Waals surface area contributed by atoms with Gasteiger partial charge in [0.05, 0.1) is 0 Å². The van der Waals surface area contributed by atoms with Crippen molar-refractivity contribution in [1.29, 1.82) is 0 Å². The molecule has 2 atom stereocenters. The van der Waals surface area contributed by atoms with Gasteiger partial charge in [-0.1, -0.05) is 6.07 Å². The number of benzene rings is 1. The van der Waals surface area contributed by atoms with Crippen LogP contribution in [0.15, 0.2) is 23.2 Å². The summed E-state index contributed by atoms with van der Waals surface area (Å²) < 4.78 is 0. The summed E-state index contributed by atoms with van der Waals surface area (Å²) in [4.78, 5) is 16.8. The van der Waals surface area contributed by atoms with Gasteiger partial charge in [-0.2, -0.15) is 0 Å². The molecule has 0 saturated carbocycles. The Balaban J connectivity index is 1.58. The van der Waals surface area contributed by atoms with Gasteiger partial charge in [0.25, 0.3) is 0 Å². The van der Waals surface area contributed by atoms with E-state index in [-0.39, 0.29) is 12.1 Å². The molecule has 2 aliphatic rings. The van der Waals surface area contributed by atoms with Crippen LogP contribution < -0.4 is 32.3 Å². The molecule has 0 bridgehead atoms. The van der Waals surface area contributed by atoms with Crippen molar-refractivity contribution in [3.8, 4) is 0 Å². The Bertz CT molecular complexity index is 646. The first kappa shape index (κ1) is 17.7. The van der Waals surface area contributed by atoms with Crippen LogP contribution in [-0.4, -0.2) is 43.8 Å². The van der Waals surface area contributed by atoms with Crippen molar-refractivity contribution in [1.82, 2.24) is 21.3 Å². The highest BCUT2D eigenvalue weighted by atomic mass is 16.2. The number of urea groups is 1. The summed E-state index contributed by atoms with van der Waals surface area (Å²) in [7, 11) is 0. The van der Waals surface area contributed by atoms with Gasteiger partial charge >= 0.3 is 6.03 Å². The summed E-state index contributed by atoms with van der Waals surface area (Å²) >= 11 is 0. The molecule has 2 unspecified atom stereocenters. The first-order chi connectivity index (χ1) is 12.1. The fourth-order valence-electron chi connectivity index (χ4n) is 3.12. The Morgan fingerprint density at radius 1 is 1.40 bits per heavy atom. The number of hydrogen-bond donors (Lipinski definition) is 6. The van der Waals surface area contributed by atoms with Crippen molar-refractivity contribution in [2.75, 3.05) is 25.0 Å². The second-order valence-electron chi connectivity index (χ2n) is 6.47. The van der Waals surface area contributed by atoms with Gasteiger partial charge in [-0.05, 0) is 43.1 Å². The quantitative estimate of drug-likeness (QED) is 0.462. The maximum atomic E-state index is 12.3. The molecule has 3 rings (SSSR count). The largest absolute Gasteiger partial charge is 0.372 e. The number of amidine groups is 1. The molecule has 2 aliphatic heterocycles. The predicted octanol–water partition coefficient (Wildman–Crippen LogP) is 0.0660. The average molecular weight is 345 g/mol. The number of amides is 2. The summed E-state index contributed by atoms with van der Waals surface area (Å²) in [5.41, 5.74) is 8.88. The Hall–Kier alpha value is -2.16. The number of carbonyl (C=O) groups excluding carboxylic acids is 1. The molecule has 0 radical (unpaired) electrons. The van der Waals surface area contributed by atoms with Crippen molar-refractivity contribution >= 4 is 17.6 Å². The Labute approximate surface area is 148 Å². The van der Waals surface area contributed by atoms with Gasteiger partial charge in [-0.25, -0.2) is 9.79 Å². The predicted molar refractivity (Wildman–Crippen MR) is 99.5 cm³/mol. The molecule has 0 fully saturated rings. The molecule has 8 nitrogen and oxygen atoms in total. The SMILES string of the molecule is CC1CC(NCCN)=NC(NC(=O)Nc2ccc3c(c2)CNCC3)N1. The third-order valence-corrected chi connectivity index (χ3v) is 4.32. The number of nitrogens with zero attached hydrogens (tertiary/aromatic N) is 1. The van der Waals surface area contributed by atoms with Crippen LogP contribution in [0.5, 0.6) is 0 Å². The standard InChI is InChI=1S/C17H27N7O/c1-11-8-15(20-7-5-18)23-16(21-11)24-17(25)22-14-3-2-12-4-6-19-10-13(12)9-14/h2-3,9,11,16,19,21H,4-8,10,18H2,1H3,(H,20,23)(H2,22,24,25). The fourth-order valence-corrected chi connectivity index (χ4v) is 3.12. The molecule has 0 aromatic heterocycles. The topological polar surface area (TPSA) is 116 Å². The third kappa shape index (κ3) is 4.91. The van der Waals surface area contributed by atoms with E-state index in [0.717, 1.165) is 37.5 Å². The van der Waals surface area contributed by atoms with Gasteiger partial charge in [-0.3, -0.25) is 5.32 Å². The van der Waals surface area contributed by atoms with Gasteiger partial charge in [0, 0.05) is 37.8 Å². The summed E-state index contributed by atoms with van der Waals surface area (Å²) in [5.74, 6) is 0.863. The number of nitrogens with two attached hydrogens (primary N) is 1. The van der Waals surface area contributed by atoms with Crippen molar-refractivity contribution < 1.29 is 4.79 Å². The smallest absolute Gasteiger partial charge is 0.321 e. The summed E-state index contributed by atoms with van der Waals surface area (Å²) in [6, 6.07) is 5.99. The Morgan fingerprint density at radius 2 is 2.28 bits per heavy atom. The van der Waals surface area contributed by atoms with E-state index in [0.29, 0.717) is 13.1 Å². The highest BCUT2D eigenvalue weighted by Crippen LogP contribution is 2.18. The number of carbonyl (C=O) groups is 1. The van der Waals surface area contributed by atoms with Crippen molar-refractivity contribution in [3.05, 3.63) is 29.3 Å². The summed E-state index contributed by atoms with van der Waals surface area (Å²) in [6.07, 6.45) is 1.36. The molecule has 0 aliphatic carbocycles. The molecule has 0 saturated heterocycles. The van der Waals surface area contributed by atoms with Crippen LogP contribution in [-0.2, 0) is 13.0 Å². The maximum Gasteiger partial charge on any atom is 0.321 e. The maximum absolute atomic E-state index is 12.3. The van der Waals surface area contributed by atoms with E-state index in [2.05, 4.69) is 44.6 Å². The average Bonchev–Trinajstić information content (AvgIpc) is 2.59. The van der Waals surface area contributed by atoms with Crippen LogP contribution in [0.25, 0.3) is 0 Å². The highest BCUT2D eigenvalue weighted by molar-refractivity contribution is 5.90. The number of anilines is 1. The zero-order valence-electron chi connectivity index (χ0n) is 14.6. The molecule has 2 heterocycles. The second-order valence-corrected chi connectivity index (χ2v) is 6.47. The zero-order valence-corrected chi connectivity index (χ0v) is 14.6. The lowest BCUT2D eigenvalue weighted by atomic mass is 10.0. The molecular formula is C17H27N7O. The van der Waals surface area contributed by atoms with E-state index in [9.17, 15) is 4.79 Å². The van der Waals surface area contributed by atoms with Crippen LogP contribution in [0.3, 0.4) is 0 Å². The number of hydrogen-bond acceptors (Lipinski definition) is 6. The molecule has 1 aromatic rings. The number of nitrogens with one attached hydrogen (secondary N) is 5. The first-order valence-corrected chi connectivity index (χ1v) is 8.81. The molecule has 0 spiro atoms. The number of aliphatic imine (C=N–C) groups is 1. The van der Waals surface area contributed by atoms with Gasteiger partial charge < -0.3 is 27.0 Å². The van der Waals surface area contributed by atoms with Gasteiger partial charge in [0.2, 0.25) is 0 Å². The lowest BCUT2D eigenvalue weighted by Gasteiger charge is -2.28. The molecule has 2 amide bonds. The van der Waals surface area contributed by atoms with E-state index in [4.69, 9.17) is 5.73 Å². The van der Waals surface area contributed by atoms with Crippen LogP contribution >= 0.6 is 0 Å². The third-order valence-electron chi connectivity index (χ3n) is 4.32. The minimum Gasteiger partial charge on any atom is -0.372 e. The Kier molecular flexibility index (Phi) is 5.85. The minimum atomic E-state index is -0.455. The van der Waals surface area contributed by atoms with Crippen LogP contribution in [0, 0.1) is 0 Å². The minimum absolute atomic E-state index is 0.220. The van der Waals surface area contributed by atoms with Crippen molar-refractivity contribution in [2.45, 2.75) is 38.6 Å². The van der Waals surface area contributed by atoms with Crippen LogP contribution in [0.4, 0.5) is 10.5 Å². The normalized spacial score (nSPS) is 22.6. The Morgan fingerprint density at radius 3 is 3.12 bits per heavy atom. The van der Waals surface area contributed by atoms with E-state index in [1.807, 2.05) is 12.1 Å². The van der Waals surface area contributed by atoms with Crippen molar-refractivity contribution in [2.24, 2.45) is 10.7 Å². The van der Waals surface area contributed by atoms with Crippen LogP contribution in [0.2, 0.25) is 0 Å². The van der Waals surface area contributed by atoms with Gasteiger partial charge in [-0.15, -0.1) is 0 Å². The lowest BCUT2D eigenvalue weighted by molar-refractivity contribution is 0.244. The van der Waals surface area contributed by atoms with Crippen molar-refractivity contribution in [3.63, 3.8) is 0 Å². The molecule has 7 N–H and O–H groups in total. The molecule has 8 heteroatoms. The zero-order chi connectivity index (χ0) is 17.6. The van der Waals surface area contributed by atoms with E-state index < -0.39 is 6.29 Å². The van der Waals surface area contributed by atoms with Gasteiger partial charge in [0.15, 0.2) is 6.29 Å². The van der Waals surface area contributed by atoms with E-state index in [1.54, 1.807) is 0 Å². The molecular weight excluding hydrogens is 318 g/mol. The van der Waals surface area contributed by atoms with E-state index in [1.165, 1.54) is 11.1 Å². The summed E-state index contributed by atoms with van der Waals surface area (Å²) in [5, 5.41) is 15.5. The molecule has 136 valence electrons. The first-order valence-electron chi connectivity index (χ1n) is 8.81. The van der Waals surface area contributed by atoms with Crippen LogP contribution in [0.1, 0.15) is 24.5 Å².